The van der Waals surface area contributed by atoms with Gasteiger partial charge >= 0.3 is 0 Å². The number of hydrogen-bond acceptors (Lipinski definition) is 8. The van der Waals surface area contributed by atoms with Crippen molar-refractivity contribution in [3.05, 3.63) is 48.7 Å². The Morgan fingerprint density at radius 1 is 1.08 bits per heavy atom. The Balaban J connectivity index is 1.69. The van der Waals surface area contributed by atoms with Crippen LogP contribution in [0.4, 0.5) is 16.5 Å². The summed E-state index contributed by atoms with van der Waals surface area (Å²) in [5, 5.41) is 10.4. The number of aromatic nitrogens is 2. The van der Waals surface area contributed by atoms with Crippen LogP contribution >= 0.6 is 33.8 Å². The monoisotopic (exact) mass is 397 g/mol. The first-order chi connectivity index (χ1) is 12.6. The van der Waals surface area contributed by atoms with E-state index in [1.807, 2.05) is 61.5 Å². The number of nitrogens with zero attached hydrogens (tertiary/aromatic N) is 5. The van der Waals surface area contributed by atoms with E-state index in [1.165, 1.54) is 22.1 Å². The third-order valence-corrected chi connectivity index (χ3v) is 5.92. The molecule has 8 heteroatoms. The largest absolute Gasteiger partial charge is 0.378 e. The van der Waals surface area contributed by atoms with Crippen LogP contribution in [0, 0.1) is 0 Å². The average Bonchev–Trinajstić information content (AvgIpc) is 3.05. The van der Waals surface area contributed by atoms with Crippen LogP contribution in [0.1, 0.15) is 0 Å². The lowest BCUT2D eigenvalue weighted by Crippen LogP contribution is -2.08. The number of rotatable bonds is 4. The normalized spacial score (nSPS) is 11.7. The summed E-state index contributed by atoms with van der Waals surface area (Å²) in [6.07, 6.45) is 1.80. The van der Waals surface area contributed by atoms with Gasteiger partial charge in [-0.2, -0.15) is 0 Å². The van der Waals surface area contributed by atoms with Gasteiger partial charge in [-0.15, -0.1) is 21.9 Å². The fourth-order valence-corrected chi connectivity index (χ4v) is 4.18. The van der Waals surface area contributed by atoms with Crippen LogP contribution in [0.5, 0.6) is 0 Å². The van der Waals surface area contributed by atoms with Crippen LogP contribution in [0.3, 0.4) is 0 Å². The third-order valence-electron chi connectivity index (χ3n) is 3.90. The highest BCUT2D eigenvalue weighted by atomic mass is 33.1. The zero-order valence-electron chi connectivity index (χ0n) is 14.1. The number of thiol groups is 1. The second-order valence-electron chi connectivity index (χ2n) is 5.85. The number of azo groups is 1. The zero-order valence-corrected chi connectivity index (χ0v) is 16.6. The molecule has 0 fully saturated rings. The summed E-state index contributed by atoms with van der Waals surface area (Å²) in [6.45, 7) is 0. The van der Waals surface area contributed by atoms with E-state index in [1.54, 1.807) is 6.20 Å². The molecule has 4 rings (SSSR count). The quantitative estimate of drug-likeness (QED) is 0.251. The van der Waals surface area contributed by atoms with Gasteiger partial charge in [0.2, 0.25) is 5.13 Å². The average molecular weight is 398 g/mol. The van der Waals surface area contributed by atoms with Gasteiger partial charge in [0.1, 0.15) is 5.69 Å². The molecule has 0 bridgehead atoms. The van der Waals surface area contributed by atoms with E-state index in [2.05, 4.69) is 31.9 Å². The maximum atomic E-state index is 4.58. The van der Waals surface area contributed by atoms with Gasteiger partial charge in [-0.1, -0.05) is 28.2 Å². The van der Waals surface area contributed by atoms with Crippen LogP contribution in [0.25, 0.3) is 21.1 Å². The molecule has 0 atom stereocenters. The second-order valence-corrected chi connectivity index (χ2v) is 8.03. The van der Waals surface area contributed by atoms with Gasteiger partial charge in [0, 0.05) is 36.3 Å². The summed E-state index contributed by atoms with van der Waals surface area (Å²) in [6, 6.07) is 14.0. The first-order valence-corrected chi connectivity index (χ1v) is 10.5. The molecule has 0 saturated heterocycles. The minimum atomic E-state index is 0.627. The predicted octanol–water partition coefficient (Wildman–Crippen LogP) is 6.26. The van der Waals surface area contributed by atoms with Crippen LogP contribution in [0.15, 0.2) is 63.8 Å². The maximum absolute atomic E-state index is 4.58. The highest BCUT2D eigenvalue weighted by Gasteiger charge is 2.07. The molecule has 0 amide bonds. The van der Waals surface area contributed by atoms with Gasteiger partial charge in [-0.25, -0.2) is 4.98 Å². The predicted molar refractivity (Wildman–Crippen MR) is 115 cm³/mol. The molecular weight excluding hydrogens is 382 g/mol. The Hall–Kier alpha value is -2.16. The van der Waals surface area contributed by atoms with Crippen molar-refractivity contribution in [1.29, 1.82) is 0 Å². The van der Waals surface area contributed by atoms with Gasteiger partial charge in [0.15, 0.2) is 0 Å². The summed E-state index contributed by atoms with van der Waals surface area (Å²) in [7, 11) is 5.36. The molecule has 0 N–H and O–H groups in total. The fourth-order valence-electron chi connectivity index (χ4n) is 2.56. The van der Waals surface area contributed by atoms with E-state index < -0.39 is 0 Å². The molecule has 0 saturated carbocycles. The van der Waals surface area contributed by atoms with E-state index in [4.69, 9.17) is 0 Å². The molecule has 0 aliphatic heterocycles. The molecule has 0 aliphatic carbocycles. The maximum Gasteiger partial charge on any atom is 0.231 e. The Morgan fingerprint density at radius 3 is 2.77 bits per heavy atom. The van der Waals surface area contributed by atoms with Crippen molar-refractivity contribution in [3.63, 3.8) is 0 Å². The lowest BCUT2D eigenvalue weighted by molar-refractivity contribution is 1.11. The summed E-state index contributed by atoms with van der Waals surface area (Å²) in [4.78, 5) is 12.0. The van der Waals surface area contributed by atoms with Crippen molar-refractivity contribution in [3.8, 4) is 0 Å². The number of benzene rings is 2. The minimum Gasteiger partial charge on any atom is -0.378 e. The van der Waals surface area contributed by atoms with Crippen molar-refractivity contribution in [2.45, 2.75) is 4.90 Å². The molecule has 5 nitrogen and oxygen atoms in total. The highest BCUT2D eigenvalue weighted by molar-refractivity contribution is 8.68. The first kappa shape index (κ1) is 17.3. The molecule has 2 heterocycles. The number of hydrogen-bond donors (Lipinski definition) is 1. The Bertz CT molecular complexity index is 1070. The lowest BCUT2D eigenvalue weighted by Gasteiger charge is -2.13. The van der Waals surface area contributed by atoms with Crippen molar-refractivity contribution >= 4 is 71.4 Å². The molecule has 0 radical (unpaired) electrons. The van der Waals surface area contributed by atoms with E-state index in [-0.39, 0.29) is 0 Å². The van der Waals surface area contributed by atoms with Crippen LogP contribution < -0.4 is 4.90 Å². The summed E-state index contributed by atoms with van der Waals surface area (Å²) in [5.74, 6) is 0. The number of anilines is 1. The molecule has 2 aromatic heterocycles. The standard InChI is InChI=1S/C18H15N5S3/c1-23(2)12-5-6-13(17(9-12)26-24)21-22-18-20-15-8-11-4-3-7-19-14(11)10-16(15)25-18/h3-10,24H,1-2H3. The van der Waals surface area contributed by atoms with Crippen molar-refractivity contribution < 1.29 is 0 Å². The van der Waals surface area contributed by atoms with Gasteiger partial charge < -0.3 is 4.90 Å². The molecule has 0 unspecified atom stereocenters. The van der Waals surface area contributed by atoms with Gasteiger partial charge in [-0.05, 0) is 36.4 Å². The van der Waals surface area contributed by atoms with E-state index in [9.17, 15) is 0 Å². The zero-order chi connectivity index (χ0) is 18.1. The summed E-state index contributed by atoms with van der Waals surface area (Å²) >= 11 is 5.84. The fraction of sp³-hybridized carbons (Fsp3) is 0.111. The molecule has 2 aromatic carbocycles. The number of thiazole rings is 1. The van der Waals surface area contributed by atoms with Crippen molar-refractivity contribution in [2.24, 2.45) is 10.2 Å². The minimum absolute atomic E-state index is 0.627. The Labute approximate surface area is 164 Å². The summed E-state index contributed by atoms with van der Waals surface area (Å²) < 4.78 is 1.05. The molecule has 4 aromatic rings. The topological polar surface area (TPSA) is 53.7 Å². The Morgan fingerprint density at radius 2 is 1.96 bits per heavy atom. The second kappa shape index (κ2) is 7.22. The first-order valence-electron chi connectivity index (χ1n) is 7.84. The molecule has 0 aliphatic rings. The SMILES string of the molecule is CN(C)c1ccc(N=Nc2nc3cc4cccnc4cc3s2)c(SS)c1. The van der Waals surface area contributed by atoms with Crippen LogP contribution in [-0.2, 0) is 0 Å². The van der Waals surface area contributed by atoms with Crippen LogP contribution in [0.2, 0.25) is 0 Å². The molecule has 0 spiro atoms. The smallest absolute Gasteiger partial charge is 0.231 e. The van der Waals surface area contributed by atoms with E-state index in [0.29, 0.717) is 5.13 Å². The van der Waals surface area contributed by atoms with Crippen molar-refractivity contribution in [1.82, 2.24) is 9.97 Å². The Kier molecular flexibility index (Phi) is 4.80. The van der Waals surface area contributed by atoms with Gasteiger partial charge in [0.25, 0.3) is 0 Å². The number of pyridine rings is 1. The summed E-state index contributed by atoms with van der Waals surface area (Å²) in [5.41, 5.74) is 3.75. The third kappa shape index (κ3) is 3.40. The van der Waals surface area contributed by atoms with Gasteiger partial charge in [0.05, 0.1) is 15.7 Å². The van der Waals surface area contributed by atoms with E-state index in [0.717, 1.165) is 37.4 Å². The molecular formula is C18H15N5S3. The van der Waals surface area contributed by atoms with Crippen LogP contribution in [-0.4, -0.2) is 24.1 Å². The highest BCUT2D eigenvalue weighted by Crippen LogP contribution is 2.37. The van der Waals surface area contributed by atoms with Crippen molar-refractivity contribution in [2.75, 3.05) is 19.0 Å². The van der Waals surface area contributed by atoms with Gasteiger partial charge in [-0.3, -0.25) is 4.98 Å². The molecule has 130 valence electrons. The molecule has 26 heavy (non-hydrogen) atoms. The number of fused-ring (bicyclic) bond motifs is 2. The van der Waals surface area contributed by atoms with E-state index >= 15 is 0 Å². The lowest BCUT2D eigenvalue weighted by atomic mass is 10.2.